The van der Waals surface area contributed by atoms with Crippen LogP contribution in [0.1, 0.15) is 27.5 Å². The van der Waals surface area contributed by atoms with Gasteiger partial charge in [0.2, 0.25) is 12.3 Å². The topological polar surface area (TPSA) is 61.2 Å². The maximum Gasteiger partial charge on any atom is 0.304 e. The van der Waals surface area contributed by atoms with Crippen molar-refractivity contribution < 1.29 is 18.7 Å². The minimum Gasteiger partial charge on any atom is -0.334 e. The number of hydrazine groups is 1. The van der Waals surface area contributed by atoms with Gasteiger partial charge in [-0.1, -0.05) is 54.1 Å². The molecular weight excluding hydrogens is 405 g/mol. The molecule has 3 aromatic carbocycles. The zero-order valence-corrected chi connectivity index (χ0v) is 16.5. The highest BCUT2D eigenvalue weighted by Gasteiger charge is 2.47. The van der Waals surface area contributed by atoms with E-state index in [1.165, 1.54) is 24.3 Å². The number of nitrogens with zero attached hydrogens (tertiary/aromatic N) is 1. The lowest BCUT2D eigenvalue weighted by Gasteiger charge is -2.14. The molecule has 1 fully saturated rings. The Balaban J connectivity index is 1.70. The zero-order valence-electron chi connectivity index (χ0n) is 15.8. The van der Waals surface area contributed by atoms with E-state index in [0.29, 0.717) is 5.02 Å². The van der Waals surface area contributed by atoms with Crippen molar-refractivity contribution in [3.05, 3.63) is 106 Å². The van der Waals surface area contributed by atoms with Gasteiger partial charge in [-0.15, -0.1) is 10.1 Å². The SMILES string of the molecule is O=C(N[C@@H]1C(=O)N/[N+](=C\c2ccccc2Cl)[C@@H]1c1ccccc1)c1ccc(F)cc1. The Morgan fingerprint density at radius 3 is 2.37 bits per heavy atom. The molecule has 2 amide bonds. The average molecular weight is 423 g/mol. The van der Waals surface area contributed by atoms with E-state index in [0.717, 1.165) is 11.1 Å². The second-order valence-electron chi connectivity index (χ2n) is 6.85. The van der Waals surface area contributed by atoms with Gasteiger partial charge in [0.05, 0.1) is 10.6 Å². The van der Waals surface area contributed by atoms with E-state index in [9.17, 15) is 14.0 Å². The van der Waals surface area contributed by atoms with Crippen LogP contribution in [0.2, 0.25) is 5.02 Å². The van der Waals surface area contributed by atoms with Gasteiger partial charge in [-0.25, -0.2) is 4.39 Å². The summed E-state index contributed by atoms with van der Waals surface area (Å²) in [6.07, 6.45) is 1.74. The minimum absolute atomic E-state index is 0.268. The molecular formula is C23H18ClFN3O2+. The molecule has 3 aromatic rings. The number of amides is 2. The largest absolute Gasteiger partial charge is 0.334 e. The van der Waals surface area contributed by atoms with E-state index in [4.69, 9.17) is 11.6 Å². The van der Waals surface area contributed by atoms with E-state index in [1.807, 2.05) is 48.5 Å². The summed E-state index contributed by atoms with van der Waals surface area (Å²) in [5.74, 6) is -1.26. The van der Waals surface area contributed by atoms with E-state index in [1.54, 1.807) is 17.0 Å². The molecule has 0 saturated carbocycles. The first-order valence-corrected chi connectivity index (χ1v) is 9.70. The molecule has 1 aliphatic heterocycles. The molecule has 7 heteroatoms. The van der Waals surface area contributed by atoms with Crippen molar-refractivity contribution in [1.82, 2.24) is 10.7 Å². The number of hydrogen-bond acceptors (Lipinski definition) is 2. The van der Waals surface area contributed by atoms with E-state index < -0.39 is 23.8 Å². The lowest BCUT2D eigenvalue weighted by molar-refractivity contribution is -0.596. The Morgan fingerprint density at radius 2 is 1.67 bits per heavy atom. The number of rotatable bonds is 4. The molecule has 30 heavy (non-hydrogen) atoms. The summed E-state index contributed by atoms with van der Waals surface area (Å²) in [6, 6.07) is 20.4. The van der Waals surface area contributed by atoms with Gasteiger partial charge in [-0.3, -0.25) is 9.59 Å². The summed E-state index contributed by atoms with van der Waals surface area (Å²) in [7, 11) is 0. The van der Waals surface area contributed by atoms with Crippen LogP contribution in [-0.2, 0) is 4.79 Å². The summed E-state index contributed by atoms with van der Waals surface area (Å²) < 4.78 is 14.8. The fraction of sp³-hybridized carbons (Fsp3) is 0.0870. The number of nitrogens with one attached hydrogen (secondary N) is 2. The Hall–Kier alpha value is -3.51. The van der Waals surface area contributed by atoms with Crippen LogP contribution in [0.15, 0.2) is 78.9 Å². The fourth-order valence-electron chi connectivity index (χ4n) is 3.39. The molecule has 0 aromatic heterocycles. The van der Waals surface area contributed by atoms with Crippen LogP contribution in [0.4, 0.5) is 4.39 Å². The summed E-state index contributed by atoms with van der Waals surface area (Å²) >= 11 is 6.28. The van der Waals surface area contributed by atoms with E-state index in [2.05, 4.69) is 10.7 Å². The van der Waals surface area contributed by atoms with Gasteiger partial charge in [0.1, 0.15) is 5.82 Å². The van der Waals surface area contributed by atoms with Gasteiger partial charge < -0.3 is 5.32 Å². The van der Waals surface area contributed by atoms with Crippen LogP contribution in [0.5, 0.6) is 0 Å². The molecule has 0 aliphatic carbocycles. The third kappa shape index (κ3) is 4.09. The highest BCUT2D eigenvalue weighted by atomic mass is 35.5. The van der Waals surface area contributed by atoms with Crippen molar-refractivity contribution in [2.45, 2.75) is 12.1 Å². The zero-order chi connectivity index (χ0) is 21.1. The highest BCUT2D eigenvalue weighted by Crippen LogP contribution is 2.26. The van der Waals surface area contributed by atoms with Crippen molar-refractivity contribution in [3.8, 4) is 0 Å². The molecule has 150 valence electrons. The predicted molar refractivity (Wildman–Crippen MR) is 112 cm³/mol. The lowest BCUT2D eigenvalue weighted by Crippen LogP contribution is -2.42. The second-order valence-corrected chi connectivity index (χ2v) is 7.25. The van der Waals surface area contributed by atoms with Gasteiger partial charge in [0.15, 0.2) is 6.04 Å². The monoisotopic (exact) mass is 422 g/mol. The number of hydrazone groups is 1. The summed E-state index contributed by atoms with van der Waals surface area (Å²) in [5, 5.41) is 3.31. The van der Waals surface area contributed by atoms with Crippen molar-refractivity contribution in [2.75, 3.05) is 0 Å². The first-order chi connectivity index (χ1) is 14.5. The molecule has 4 rings (SSSR count). The third-order valence-corrected chi connectivity index (χ3v) is 5.20. The molecule has 1 heterocycles. The van der Waals surface area contributed by atoms with Crippen LogP contribution >= 0.6 is 11.6 Å². The molecule has 2 N–H and O–H groups in total. The number of benzene rings is 3. The second kappa shape index (κ2) is 8.47. The van der Waals surface area contributed by atoms with Crippen molar-refractivity contribution in [1.29, 1.82) is 0 Å². The maximum absolute atomic E-state index is 13.2. The van der Waals surface area contributed by atoms with Crippen LogP contribution in [0.25, 0.3) is 0 Å². The van der Waals surface area contributed by atoms with Crippen LogP contribution < -0.4 is 10.7 Å². The summed E-state index contributed by atoms with van der Waals surface area (Å²) in [6.45, 7) is 0. The molecule has 0 unspecified atom stereocenters. The van der Waals surface area contributed by atoms with Gasteiger partial charge in [-0.2, -0.15) is 0 Å². The van der Waals surface area contributed by atoms with Crippen LogP contribution in [0.3, 0.4) is 0 Å². The van der Waals surface area contributed by atoms with Crippen molar-refractivity contribution in [2.24, 2.45) is 0 Å². The summed E-state index contributed by atoms with van der Waals surface area (Å²) in [4.78, 5) is 25.5. The van der Waals surface area contributed by atoms with Gasteiger partial charge in [0, 0.05) is 11.1 Å². The Kier molecular flexibility index (Phi) is 5.59. The van der Waals surface area contributed by atoms with Crippen LogP contribution in [-0.4, -0.2) is 28.8 Å². The number of halogens is 2. The first kappa shape index (κ1) is 19.8. The predicted octanol–water partition coefficient (Wildman–Crippen LogP) is 3.50. The third-order valence-electron chi connectivity index (χ3n) is 4.85. The number of carbonyl (C=O) groups excluding carboxylic acids is 2. The first-order valence-electron chi connectivity index (χ1n) is 9.32. The van der Waals surface area contributed by atoms with Gasteiger partial charge >= 0.3 is 5.91 Å². The van der Waals surface area contributed by atoms with Crippen molar-refractivity contribution >= 4 is 29.6 Å². The van der Waals surface area contributed by atoms with Crippen LogP contribution in [0, 0.1) is 5.82 Å². The smallest absolute Gasteiger partial charge is 0.304 e. The number of carbonyl (C=O) groups is 2. The standard InChI is InChI=1S/C23H17ClFN3O2/c24-19-9-5-4-8-17(19)14-28-21(15-6-2-1-3-7-15)20(23(30)27-28)26-22(29)16-10-12-18(25)13-11-16/h1-14,20-21H,(H-,26,27,29,30)/p+1/b28-14-/t20-,21+/m0/s1. The average Bonchev–Trinajstić information content (AvgIpc) is 3.05. The quantitative estimate of drug-likeness (QED) is 0.632. The lowest BCUT2D eigenvalue weighted by atomic mass is 10.00. The highest BCUT2D eigenvalue weighted by molar-refractivity contribution is 6.32. The molecule has 5 nitrogen and oxygen atoms in total. The summed E-state index contributed by atoms with van der Waals surface area (Å²) in [5.41, 5.74) is 4.63. The Bertz CT molecular complexity index is 1120. The molecule has 1 aliphatic rings. The fourth-order valence-corrected chi connectivity index (χ4v) is 3.57. The van der Waals surface area contributed by atoms with Crippen molar-refractivity contribution in [3.63, 3.8) is 0 Å². The van der Waals surface area contributed by atoms with Gasteiger partial charge in [0.25, 0.3) is 5.91 Å². The molecule has 0 bridgehead atoms. The van der Waals surface area contributed by atoms with Gasteiger partial charge in [-0.05, 0) is 36.4 Å². The molecule has 0 spiro atoms. The van der Waals surface area contributed by atoms with E-state index in [-0.39, 0.29) is 11.5 Å². The van der Waals surface area contributed by atoms with E-state index >= 15 is 0 Å². The number of hydrogen-bond donors (Lipinski definition) is 2. The normalized spacial score (nSPS) is 19.5. The minimum atomic E-state index is -0.858. The molecule has 0 radical (unpaired) electrons. The Morgan fingerprint density at radius 1 is 1.00 bits per heavy atom. The molecule has 1 saturated heterocycles. The maximum atomic E-state index is 13.2. The Labute approximate surface area is 177 Å². The molecule has 2 atom stereocenters.